The van der Waals surface area contributed by atoms with E-state index in [1.54, 1.807) is 24.1 Å². The van der Waals surface area contributed by atoms with Gasteiger partial charge in [0.2, 0.25) is 10.0 Å². The van der Waals surface area contributed by atoms with Gasteiger partial charge in [0.1, 0.15) is 5.75 Å². The highest BCUT2D eigenvalue weighted by molar-refractivity contribution is 7.89. The van der Waals surface area contributed by atoms with Gasteiger partial charge in [-0.3, -0.25) is 9.69 Å². The minimum absolute atomic E-state index is 0. The summed E-state index contributed by atoms with van der Waals surface area (Å²) in [5.74, 6) is 0.513. The van der Waals surface area contributed by atoms with Crippen molar-refractivity contribution in [2.45, 2.75) is 24.2 Å². The minimum atomic E-state index is -3.52. The molecular weight excluding hydrogens is 508 g/mol. The Hall–Kier alpha value is -2.24. The van der Waals surface area contributed by atoms with Gasteiger partial charge >= 0.3 is 0 Å². The van der Waals surface area contributed by atoms with Crippen LogP contribution < -0.4 is 22.0 Å². The lowest BCUT2D eigenvalue weighted by molar-refractivity contribution is -0.0000174. The van der Waals surface area contributed by atoms with Gasteiger partial charge in [0.25, 0.3) is 5.91 Å². The van der Waals surface area contributed by atoms with Crippen LogP contribution in [0, 0.1) is 0 Å². The number of methoxy groups -OCH3 is 1. The summed E-state index contributed by atoms with van der Waals surface area (Å²) in [5.41, 5.74) is 1.21. The van der Waals surface area contributed by atoms with Crippen LogP contribution in [0.5, 0.6) is 5.75 Å². The summed E-state index contributed by atoms with van der Waals surface area (Å²) >= 11 is 1.45. The molecule has 0 atom stereocenters. The van der Waals surface area contributed by atoms with Gasteiger partial charge < -0.3 is 22.0 Å². The van der Waals surface area contributed by atoms with Gasteiger partial charge in [0.15, 0.2) is 5.13 Å². The molecule has 1 aromatic heterocycles. The zero-order chi connectivity index (χ0) is 24.3. The molecule has 11 heteroatoms. The molecule has 4 rings (SSSR count). The zero-order valence-corrected chi connectivity index (χ0v) is 22.5. The molecule has 1 aliphatic rings. The smallest absolute Gasteiger partial charge is 0.260 e. The molecule has 0 unspecified atom stereocenters. The highest BCUT2D eigenvalue weighted by atomic mass is 35.5. The summed E-state index contributed by atoms with van der Waals surface area (Å²) in [5, 5.41) is 0.612. The first-order valence-corrected chi connectivity index (χ1v) is 13.6. The Kier molecular flexibility index (Phi) is 9.11. The molecule has 0 bridgehead atoms. The van der Waals surface area contributed by atoms with E-state index in [4.69, 9.17) is 9.72 Å². The van der Waals surface area contributed by atoms with E-state index in [0.717, 1.165) is 36.0 Å². The van der Waals surface area contributed by atoms with E-state index in [0.29, 0.717) is 36.1 Å². The molecule has 2 aromatic carbocycles. The number of thiazole rings is 1. The van der Waals surface area contributed by atoms with E-state index in [2.05, 4.69) is 4.90 Å². The third-order valence-corrected chi connectivity index (χ3v) is 8.82. The number of benzene rings is 2. The Balaban J connectivity index is 0.00000342. The first-order chi connectivity index (χ1) is 16.3. The summed E-state index contributed by atoms with van der Waals surface area (Å²) in [6.45, 7) is 2.42. The van der Waals surface area contributed by atoms with Gasteiger partial charge in [-0.1, -0.05) is 11.3 Å². The van der Waals surface area contributed by atoms with Crippen LogP contribution in [0.2, 0.25) is 0 Å². The summed E-state index contributed by atoms with van der Waals surface area (Å²) in [7, 11) is 2.08. The van der Waals surface area contributed by atoms with Gasteiger partial charge in [0.05, 0.1) is 22.2 Å². The monoisotopic (exact) mass is 537 g/mol. The molecule has 1 aliphatic heterocycles. The van der Waals surface area contributed by atoms with Gasteiger partial charge in [-0.25, -0.2) is 13.4 Å². The van der Waals surface area contributed by atoms with Gasteiger partial charge in [0, 0.05) is 31.3 Å². The van der Waals surface area contributed by atoms with Crippen molar-refractivity contribution in [1.29, 1.82) is 0 Å². The average Bonchev–Trinajstić information content (AvgIpc) is 3.51. The third kappa shape index (κ3) is 6.13. The summed E-state index contributed by atoms with van der Waals surface area (Å²) in [6, 6.07) is 11.9. The van der Waals surface area contributed by atoms with Crippen LogP contribution >= 0.6 is 11.3 Å². The van der Waals surface area contributed by atoms with Crippen molar-refractivity contribution in [2.75, 3.05) is 52.3 Å². The molecule has 0 N–H and O–H groups in total. The molecule has 1 amide bonds. The molecule has 8 nitrogen and oxygen atoms in total. The number of halogens is 1. The first-order valence-electron chi connectivity index (χ1n) is 11.3. The van der Waals surface area contributed by atoms with Crippen LogP contribution in [-0.2, 0) is 10.0 Å². The first kappa shape index (κ1) is 27.3. The molecule has 0 saturated carbocycles. The number of ether oxygens (including phenoxy) is 1. The van der Waals surface area contributed by atoms with Crippen molar-refractivity contribution in [3.8, 4) is 5.75 Å². The van der Waals surface area contributed by atoms with E-state index < -0.39 is 10.0 Å². The fourth-order valence-corrected chi connectivity index (χ4v) is 6.46. The van der Waals surface area contributed by atoms with Crippen LogP contribution in [0.15, 0.2) is 47.4 Å². The zero-order valence-electron chi connectivity index (χ0n) is 20.1. The highest BCUT2D eigenvalue weighted by Gasteiger charge is 2.28. The summed E-state index contributed by atoms with van der Waals surface area (Å²) < 4.78 is 33.4. The standard InChI is InChI=1S/C24H30N4O4S2.ClH/c1-26(2)13-6-16-28(24-25-21-17-19(32-3)9-12-22(21)33-24)23(29)18-7-10-20(11-8-18)34(30,31)27-14-4-5-15-27;/h7-12,17H,4-6,13-16H2,1-3H3;1H/p-1. The largest absolute Gasteiger partial charge is 1.00 e. The number of carbonyl (C=O) groups excluding carboxylic acids is 1. The fourth-order valence-electron chi connectivity index (χ4n) is 3.97. The maximum atomic E-state index is 13.5. The van der Waals surface area contributed by atoms with Crippen molar-refractivity contribution in [3.05, 3.63) is 48.0 Å². The predicted molar refractivity (Wildman–Crippen MR) is 135 cm³/mol. The number of sulfonamides is 1. The van der Waals surface area contributed by atoms with Gasteiger partial charge in [-0.15, -0.1) is 0 Å². The second-order valence-corrected chi connectivity index (χ2v) is 11.5. The van der Waals surface area contributed by atoms with E-state index in [9.17, 15) is 13.2 Å². The van der Waals surface area contributed by atoms with Crippen LogP contribution in [0.4, 0.5) is 5.13 Å². The van der Waals surface area contributed by atoms with Crippen LogP contribution in [0.1, 0.15) is 29.6 Å². The molecule has 0 aliphatic carbocycles. The molecule has 190 valence electrons. The van der Waals surface area contributed by atoms with E-state index in [1.807, 2.05) is 32.3 Å². The number of hydrogen-bond acceptors (Lipinski definition) is 7. The van der Waals surface area contributed by atoms with E-state index in [-0.39, 0.29) is 23.2 Å². The topological polar surface area (TPSA) is 83.0 Å². The maximum absolute atomic E-state index is 13.5. The van der Waals surface area contributed by atoms with E-state index >= 15 is 0 Å². The number of aromatic nitrogens is 1. The van der Waals surface area contributed by atoms with Gasteiger partial charge in [-0.2, -0.15) is 4.31 Å². The Labute approximate surface area is 217 Å². The summed E-state index contributed by atoms with van der Waals surface area (Å²) in [4.78, 5) is 22.2. The van der Waals surface area contributed by atoms with Crippen LogP contribution in [0.25, 0.3) is 10.2 Å². The van der Waals surface area contributed by atoms with Crippen molar-refractivity contribution in [3.63, 3.8) is 0 Å². The van der Waals surface area contributed by atoms with Gasteiger partial charge in [-0.05, 0) is 76.3 Å². The lowest BCUT2D eigenvalue weighted by Crippen LogP contribution is -3.00. The molecule has 1 saturated heterocycles. The summed E-state index contributed by atoms with van der Waals surface area (Å²) in [6.07, 6.45) is 2.54. The number of fused-ring (bicyclic) bond motifs is 1. The molecule has 35 heavy (non-hydrogen) atoms. The number of carbonyl (C=O) groups is 1. The highest BCUT2D eigenvalue weighted by Crippen LogP contribution is 2.32. The number of nitrogens with zero attached hydrogens (tertiary/aromatic N) is 4. The van der Waals surface area contributed by atoms with Crippen molar-refractivity contribution in [2.24, 2.45) is 0 Å². The van der Waals surface area contributed by atoms with Crippen molar-refractivity contribution in [1.82, 2.24) is 14.2 Å². The SMILES string of the molecule is COc1ccc2sc(N(CCCN(C)C)C(=O)c3ccc(S(=O)(=O)N4CCCC4)cc3)nc2c1.[Cl-]. The molecule has 3 aromatic rings. The lowest BCUT2D eigenvalue weighted by Gasteiger charge is -2.21. The second-order valence-electron chi connectivity index (χ2n) is 8.58. The Bertz CT molecular complexity index is 1260. The lowest BCUT2D eigenvalue weighted by atomic mass is 10.2. The molecule has 2 heterocycles. The molecule has 1 fully saturated rings. The molecule has 0 radical (unpaired) electrons. The quantitative estimate of drug-likeness (QED) is 0.399. The number of amides is 1. The molecular formula is C24H30ClN4O4S2-. The van der Waals surface area contributed by atoms with Crippen molar-refractivity contribution < 1.29 is 30.4 Å². The maximum Gasteiger partial charge on any atom is 0.260 e. The Morgan fingerprint density at radius 1 is 1.09 bits per heavy atom. The Morgan fingerprint density at radius 3 is 2.40 bits per heavy atom. The number of hydrogen-bond donors (Lipinski definition) is 0. The number of rotatable bonds is 9. The fraction of sp³-hybridized carbons (Fsp3) is 0.417. The average molecular weight is 538 g/mol. The second kappa shape index (κ2) is 11.7. The predicted octanol–water partition coefficient (Wildman–Crippen LogP) is 0.692. The van der Waals surface area contributed by atoms with Crippen LogP contribution in [0.3, 0.4) is 0 Å². The Morgan fingerprint density at radius 2 is 1.77 bits per heavy atom. The van der Waals surface area contributed by atoms with Crippen molar-refractivity contribution >= 4 is 42.6 Å². The van der Waals surface area contributed by atoms with Crippen LogP contribution in [-0.4, -0.2) is 75.9 Å². The normalized spacial score (nSPS) is 14.3. The molecule has 0 spiro atoms. The van der Waals surface area contributed by atoms with E-state index in [1.165, 1.54) is 27.8 Å². The number of anilines is 1. The third-order valence-electron chi connectivity index (χ3n) is 5.85. The minimum Gasteiger partial charge on any atom is -1.00 e.